The Balaban J connectivity index is 1.78. The molecule has 0 fully saturated rings. The summed E-state index contributed by atoms with van der Waals surface area (Å²) in [5.74, 6) is -2.41. The molecule has 1 aromatic heterocycles. The number of nitrogens with zero attached hydrogens (tertiary/aromatic N) is 2. The van der Waals surface area contributed by atoms with E-state index in [2.05, 4.69) is 5.16 Å². The Hall–Kier alpha value is -3.59. The number of benzene rings is 3. The van der Waals surface area contributed by atoms with Crippen LogP contribution in [0.1, 0.15) is 21.8 Å². The molecule has 0 atom stereocenters. The Morgan fingerprint density at radius 1 is 1.00 bits per heavy atom. The summed E-state index contributed by atoms with van der Waals surface area (Å²) >= 11 is 0. The highest BCUT2D eigenvalue weighted by Gasteiger charge is 2.40. The smallest absolute Gasteiger partial charge is 0.274 e. The molecule has 6 nitrogen and oxygen atoms in total. The van der Waals surface area contributed by atoms with Crippen molar-refractivity contribution in [2.75, 3.05) is 4.31 Å². The van der Waals surface area contributed by atoms with E-state index in [1.54, 1.807) is 32.0 Å². The average Bonchev–Trinajstić information content (AvgIpc) is 3.20. The van der Waals surface area contributed by atoms with E-state index in [4.69, 9.17) is 4.52 Å². The largest absolute Gasteiger partial charge is 0.361 e. The molecule has 0 radical (unpaired) electrons. The Labute approximate surface area is 175 Å². The van der Waals surface area contributed by atoms with Crippen LogP contribution >= 0.6 is 0 Å². The summed E-state index contributed by atoms with van der Waals surface area (Å²) in [5, 5.41) is 5.03. The normalized spacial score (nSPS) is 13.4. The molecule has 0 aliphatic carbocycles. The number of carbonyl (C=O) groups excluding carboxylic acids is 1. The fourth-order valence-corrected chi connectivity index (χ4v) is 5.53. The fourth-order valence-electron chi connectivity index (χ4n) is 4.06. The summed E-state index contributed by atoms with van der Waals surface area (Å²) in [7, 11) is -4.62. The number of hydrogen-bond donors (Lipinski definition) is 0. The van der Waals surface area contributed by atoms with Crippen LogP contribution < -0.4 is 4.31 Å². The summed E-state index contributed by atoms with van der Waals surface area (Å²) in [6.45, 7) is 3.55. The zero-order chi connectivity index (χ0) is 22.1. The first kappa shape index (κ1) is 19.4. The molecule has 31 heavy (non-hydrogen) atoms. The second-order valence-corrected chi connectivity index (χ2v) is 8.96. The zero-order valence-electron chi connectivity index (χ0n) is 16.3. The van der Waals surface area contributed by atoms with Crippen LogP contribution in [0.15, 0.2) is 57.9 Å². The Kier molecular flexibility index (Phi) is 4.03. The number of amides is 1. The second kappa shape index (κ2) is 6.45. The van der Waals surface area contributed by atoms with Gasteiger partial charge in [0.1, 0.15) is 22.3 Å². The lowest BCUT2D eigenvalue weighted by Crippen LogP contribution is -2.34. The number of sulfonamides is 1. The first-order chi connectivity index (χ1) is 14.7. The van der Waals surface area contributed by atoms with Gasteiger partial charge < -0.3 is 4.52 Å². The van der Waals surface area contributed by atoms with Gasteiger partial charge in [0.05, 0.1) is 16.9 Å². The maximum atomic E-state index is 14.3. The predicted octanol–water partition coefficient (Wildman–Crippen LogP) is 4.74. The summed E-state index contributed by atoms with van der Waals surface area (Å²) in [6.07, 6.45) is 0. The van der Waals surface area contributed by atoms with Crippen LogP contribution in [0.2, 0.25) is 0 Å². The number of aryl methyl sites for hydroxylation is 2. The van der Waals surface area contributed by atoms with Crippen molar-refractivity contribution in [2.24, 2.45) is 0 Å². The number of aromatic nitrogens is 1. The third-order valence-electron chi connectivity index (χ3n) is 5.37. The van der Waals surface area contributed by atoms with Crippen LogP contribution in [0, 0.1) is 25.5 Å². The van der Waals surface area contributed by atoms with Gasteiger partial charge in [0.25, 0.3) is 15.9 Å². The van der Waals surface area contributed by atoms with Gasteiger partial charge in [-0.3, -0.25) is 4.79 Å². The van der Waals surface area contributed by atoms with Crippen LogP contribution in [0.4, 0.5) is 14.5 Å². The molecule has 0 saturated carbocycles. The Morgan fingerprint density at radius 3 is 2.45 bits per heavy atom. The minimum atomic E-state index is -4.62. The topological polar surface area (TPSA) is 80.5 Å². The molecule has 0 N–H and O–H groups in total. The highest BCUT2D eigenvalue weighted by molar-refractivity contribution is 7.93. The van der Waals surface area contributed by atoms with Gasteiger partial charge in [-0.25, -0.2) is 17.2 Å². The fraction of sp³-hybridized carbons (Fsp3) is 0.0909. The van der Waals surface area contributed by atoms with Crippen molar-refractivity contribution in [3.05, 3.63) is 77.2 Å². The van der Waals surface area contributed by atoms with E-state index in [1.807, 2.05) is 0 Å². The Morgan fingerprint density at radius 2 is 1.77 bits per heavy atom. The molecule has 1 amide bonds. The summed E-state index contributed by atoms with van der Waals surface area (Å²) in [5.41, 5.74) is 2.42. The molecule has 1 aliphatic rings. The third-order valence-corrected chi connectivity index (χ3v) is 7.10. The predicted molar refractivity (Wildman–Crippen MR) is 109 cm³/mol. The van der Waals surface area contributed by atoms with Gasteiger partial charge in [0.15, 0.2) is 0 Å². The lowest BCUT2D eigenvalue weighted by molar-refractivity contribution is 0.101. The number of halogens is 2. The van der Waals surface area contributed by atoms with Crippen molar-refractivity contribution < 1.29 is 26.5 Å². The number of anilines is 1. The Bertz CT molecular complexity index is 1510. The summed E-state index contributed by atoms with van der Waals surface area (Å²) in [6, 6.07) is 10.2. The average molecular weight is 440 g/mol. The van der Waals surface area contributed by atoms with Gasteiger partial charge in [-0.1, -0.05) is 23.4 Å². The van der Waals surface area contributed by atoms with Crippen molar-refractivity contribution in [3.8, 4) is 11.1 Å². The minimum absolute atomic E-state index is 0.106. The second-order valence-electron chi connectivity index (χ2n) is 7.21. The zero-order valence-corrected chi connectivity index (χ0v) is 17.1. The summed E-state index contributed by atoms with van der Waals surface area (Å²) in [4.78, 5) is 12.3. The van der Waals surface area contributed by atoms with Crippen LogP contribution in [-0.4, -0.2) is 19.5 Å². The molecular formula is C22H14F2N2O4S. The molecule has 1 aliphatic heterocycles. The SMILES string of the molecule is Cc1noc(C)c1-c1ccc2c3c(cccc13)C(=O)N2S(=O)(=O)c1ccc(F)cc1F. The number of carbonyl (C=O) groups is 1. The monoisotopic (exact) mass is 440 g/mol. The molecule has 5 rings (SSSR count). The van der Waals surface area contributed by atoms with E-state index in [0.717, 1.165) is 23.3 Å². The number of rotatable bonds is 3. The van der Waals surface area contributed by atoms with E-state index >= 15 is 0 Å². The molecule has 0 unspecified atom stereocenters. The van der Waals surface area contributed by atoms with Gasteiger partial charge in [-0.05, 0) is 49.1 Å². The van der Waals surface area contributed by atoms with Crippen LogP contribution in [0.3, 0.4) is 0 Å². The van der Waals surface area contributed by atoms with Gasteiger partial charge in [-0.2, -0.15) is 4.31 Å². The molecule has 4 aromatic rings. The van der Waals surface area contributed by atoms with Crippen LogP contribution in [-0.2, 0) is 10.0 Å². The molecule has 3 aromatic carbocycles. The van der Waals surface area contributed by atoms with Gasteiger partial charge >= 0.3 is 0 Å². The first-order valence-corrected chi connectivity index (χ1v) is 10.7. The van der Waals surface area contributed by atoms with Gasteiger partial charge in [-0.15, -0.1) is 0 Å². The third kappa shape index (κ3) is 2.63. The lowest BCUT2D eigenvalue weighted by atomic mass is 9.95. The quantitative estimate of drug-likeness (QED) is 0.460. The maximum Gasteiger partial charge on any atom is 0.274 e. The highest BCUT2D eigenvalue weighted by atomic mass is 32.2. The number of hydrogen-bond acceptors (Lipinski definition) is 5. The van der Waals surface area contributed by atoms with E-state index in [-0.39, 0.29) is 11.3 Å². The van der Waals surface area contributed by atoms with Gasteiger partial charge in [0, 0.05) is 17.0 Å². The summed E-state index contributed by atoms with van der Waals surface area (Å²) < 4.78 is 59.9. The van der Waals surface area contributed by atoms with Gasteiger partial charge in [0.2, 0.25) is 0 Å². The standard InChI is InChI=1S/C22H14F2N2O4S/c1-11-20(12(2)30-25-11)15-7-8-18-21-14(15)4-3-5-16(21)22(27)26(18)31(28,29)19-9-6-13(23)10-17(19)24/h3-10H,1-2H3. The molecule has 0 bridgehead atoms. The molecule has 2 heterocycles. The van der Waals surface area contributed by atoms with Crippen molar-refractivity contribution in [1.29, 1.82) is 0 Å². The maximum absolute atomic E-state index is 14.3. The first-order valence-electron chi connectivity index (χ1n) is 9.25. The van der Waals surface area contributed by atoms with E-state index in [1.165, 1.54) is 12.1 Å². The minimum Gasteiger partial charge on any atom is -0.361 e. The highest BCUT2D eigenvalue weighted by Crippen LogP contribution is 2.45. The van der Waals surface area contributed by atoms with Crippen molar-refractivity contribution in [3.63, 3.8) is 0 Å². The van der Waals surface area contributed by atoms with E-state index in [9.17, 15) is 22.0 Å². The van der Waals surface area contributed by atoms with Crippen LogP contribution in [0.5, 0.6) is 0 Å². The van der Waals surface area contributed by atoms with Crippen molar-refractivity contribution in [2.45, 2.75) is 18.7 Å². The van der Waals surface area contributed by atoms with Crippen molar-refractivity contribution in [1.82, 2.24) is 5.16 Å². The van der Waals surface area contributed by atoms with E-state index < -0.39 is 32.5 Å². The van der Waals surface area contributed by atoms with E-state index in [0.29, 0.717) is 32.6 Å². The van der Waals surface area contributed by atoms with Crippen LogP contribution in [0.25, 0.3) is 21.9 Å². The molecule has 9 heteroatoms. The molecule has 0 spiro atoms. The molecule has 0 saturated heterocycles. The van der Waals surface area contributed by atoms with Crippen molar-refractivity contribution >= 4 is 32.4 Å². The molecule has 156 valence electrons. The lowest BCUT2D eigenvalue weighted by Gasteiger charge is -2.18. The molecular weight excluding hydrogens is 426 g/mol.